The Morgan fingerprint density at radius 2 is 0.808 bits per heavy atom. The van der Waals surface area contributed by atoms with Crippen LogP contribution in [0.3, 0.4) is 0 Å². The summed E-state index contributed by atoms with van der Waals surface area (Å²) in [4.78, 5) is -4.35. The maximum absolute atomic E-state index is 13.1. The summed E-state index contributed by atoms with van der Waals surface area (Å²) in [6.07, 6.45) is -15.0. The molecule has 0 N–H and O–H groups in total. The summed E-state index contributed by atoms with van der Waals surface area (Å²) in [5, 5.41) is -8.01. The zero-order valence-electron chi connectivity index (χ0n) is 10.3. The number of alkyl halides is 13. The Morgan fingerprint density at radius 1 is 0.538 bits per heavy atom. The van der Waals surface area contributed by atoms with Crippen LogP contribution in [0.25, 0.3) is 0 Å². The Hall–Kier alpha value is -0.453. The molecule has 0 aliphatic carbocycles. The normalized spacial score (nSPS) is 15.8. The van der Waals surface area contributed by atoms with Crippen molar-refractivity contribution in [3.63, 3.8) is 0 Å². The number of nitrogens with zero attached hydrogens (tertiary/aromatic N) is 1. The molecule has 0 aromatic heterocycles. The van der Waals surface area contributed by atoms with E-state index in [9.17, 15) is 73.9 Å². The molecule has 0 heterocycles. The van der Waals surface area contributed by atoms with Gasteiger partial charge in [0.05, 0.1) is 0 Å². The first-order chi connectivity index (χ1) is 10.4. The second kappa shape index (κ2) is 6.86. The van der Waals surface area contributed by atoms with Gasteiger partial charge in [0.1, 0.15) is 0 Å². The van der Waals surface area contributed by atoms with Gasteiger partial charge in [-0.25, -0.2) is 16.8 Å². The summed E-state index contributed by atoms with van der Waals surface area (Å²) in [7, 11) is -17.1. The number of hydrogen-bond acceptors (Lipinski definition) is 5. The van der Waals surface area contributed by atoms with Crippen molar-refractivity contribution >= 4 is 36.6 Å². The number of halogens is 13. The molecule has 0 saturated carbocycles. The van der Waals surface area contributed by atoms with Crippen LogP contribution in [0.2, 0.25) is 0 Å². The van der Waals surface area contributed by atoms with Crippen LogP contribution in [-0.4, -0.2) is 70.0 Å². The molecular weight excluding hydrogens is 456 g/mol. The molecule has 0 rings (SSSR count). The minimum atomic E-state index is -8.70. The first kappa shape index (κ1) is 27.8. The minimum absolute atomic E-state index is 0. The monoisotopic (exact) mass is 457 g/mol. The maximum atomic E-state index is 13.1. The Kier molecular flexibility index (Phi) is 7.32. The molecule has 0 aliphatic heterocycles. The van der Waals surface area contributed by atoms with Crippen molar-refractivity contribution in [2.24, 2.45) is 0 Å². The molecule has 0 atom stereocenters. The predicted octanol–water partition coefficient (Wildman–Crippen LogP) is 2.13. The van der Waals surface area contributed by atoms with E-state index < -0.39 is 52.0 Å². The Balaban J connectivity index is 0. The third-order valence-corrected chi connectivity index (χ3v) is 6.97. The fraction of sp³-hybridized carbons (Fsp3) is 1.00. The van der Waals surface area contributed by atoms with Gasteiger partial charge in [0, 0.05) is 0 Å². The Labute approximate surface area is 145 Å². The number of hydrogen-bond donors (Lipinski definition) is 0. The van der Waals surface area contributed by atoms with Crippen molar-refractivity contribution in [2.45, 2.75) is 29.4 Å². The standard InChI is InChI=1S/C5F13NO4S2.Li.H/c6-1(7,19(3(10,11)12)4(13,14)15)2(8,9)24(20,21)25(22,23)5(16,17)18;;. The quantitative estimate of drug-likeness (QED) is 0.280. The van der Waals surface area contributed by atoms with Gasteiger partial charge in [-0.05, 0) is 0 Å². The Morgan fingerprint density at radius 3 is 1.00 bits per heavy atom. The topological polar surface area (TPSA) is 71.5 Å². The molecule has 0 aromatic carbocycles. The van der Waals surface area contributed by atoms with E-state index in [0.717, 1.165) is 0 Å². The van der Waals surface area contributed by atoms with Gasteiger partial charge in [-0.15, -0.1) is 0 Å². The van der Waals surface area contributed by atoms with Crippen LogP contribution < -0.4 is 0 Å². The van der Waals surface area contributed by atoms with Gasteiger partial charge in [0.25, 0.3) is 0 Å². The zero-order valence-corrected chi connectivity index (χ0v) is 11.9. The van der Waals surface area contributed by atoms with E-state index >= 15 is 0 Å². The zero-order chi connectivity index (χ0) is 21.1. The number of rotatable bonds is 4. The average Bonchev–Trinajstić information content (AvgIpc) is 2.21. The molecule has 26 heavy (non-hydrogen) atoms. The van der Waals surface area contributed by atoms with Crippen molar-refractivity contribution in [3.8, 4) is 0 Å². The molecule has 0 spiro atoms. The van der Waals surface area contributed by atoms with Gasteiger partial charge in [0.2, 0.25) is 0 Å². The van der Waals surface area contributed by atoms with E-state index in [-0.39, 0.29) is 18.9 Å². The summed E-state index contributed by atoms with van der Waals surface area (Å²) in [5.41, 5.74) is -7.26. The summed E-state index contributed by atoms with van der Waals surface area (Å²) in [6.45, 7) is 0. The van der Waals surface area contributed by atoms with E-state index in [2.05, 4.69) is 0 Å². The van der Waals surface area contributed by atoms with E-state index in [4.69, 9.17) is 0 Å². The molecule has 0 fully saturated rings. The molecular formula is C5HF13LiNO4S2. The van der Waals surface area contributed by atoms with E-state index in [0.29, 0.717) is 0 Å². The SMILES string of the molecule is O=S(=O)(C(F)(F)F)S(=O)(=O)C(F)(F)C(F)(F)N(C(F)(F)F)C(F)(F)F.[LiH]. The average molecular weight is 457 g/mol. The molecule has 0 radical (unpaired) electrons. The molecule has 0 amide bonds. The second-order valence-electron chi connectivity index (χ2n) is 3.68. The van der Waals surface area contributed by atoms with Gasteiger partial charge >= 0.3 is 66.0 Å². The molecule has 0 aromatic rings. The van der Waals surface area contributed by atoms with Crippen molar-refractivity contribution in [3.05, 3.63) is 0 Å². The molecule has 5 nitrogen and oxygen atoms in total. The van der Waals surface area contributed by atoms with Crippen molar-refractivity contribution in [1.29, 1.82) is 0 Å². The van der Waals surface area contributed by atoms with Crippen LogP contribution in [0.15, 0.2) is 0 Å². The van der Waals surface area contributed by atoms with Crippen molar-refractivity contribution in [2.75, 3.05) is 0 Å². The molecule has 0 bridgehead atoms. The van der Waals surface area contributed by atoms with Crippen LogP contribution in [0.1, 0.15) is 0 Å². The molecule has 0 unspecified atom stereocenters. The van der Waals surface area contributed by atoms with Gasteiger partial charge in [-0.1, -0.05) is 4.90 Å². The van der Waals surface area contributed by atoms with Gasteiger partial charge in [-0.2, -0.15) is 57.1 Å². The van der Waals surface area contributed by atoms with Crippen LogP contribution >= 0.6 is 0 Å². The molecule has 0 saturated heterocycles. The van der Waals surface area contributed by atoms with Gasteiger partial charge in [0.15, 0.2) is 0 Å². The van der Waals surface area contributed by atoms with Crippen LogP contribution in [0.5, 0.6) is 0 Å². The summed E-state index contributed by atoms with van der Waals surface area (Å²) in [5.74, 6) is 0. The first-order valence-corrected chi connectivity index (χ1v) is 8.10. The van der Waals surface area contributed by atoms with Crippen LogP contribution in [-0.2, 0) is 17.7 Å². The van der Waals surface area contributed by atoms with Crippen LogP contribution in [0.4, 0.5) is 57.1 Å². The summed E-state index contributed by atoms with van der Waals surface area (Å²) >= 11 is 0. The first-order valence-electron chi connectivity index (χ1n) is 4.62. The van der Waals surface area contributed by atoms with E-state index in [1.54, 1.807) is 0 Å². The van der Waals surface area contributed by atoms with Crippen molar-refractivity contribution < 1.29 is 73.9 Å². The Bertz CT molecular complexity index is 703. The van der Waals surface area contributed by atoms with Gasteiger partial charge < -0.3 is 0 Å². The summed E-state index contributed by atoms with van der Waals surface area (Å²) < 4.78 is 202. The van der Waals surface area contributed by atoms with Gasteiger partial charge in [-0.3, -0.25) is 0 Å². The molecule has 21 heteroatoms. The third kappa shape index (κ3) is 4.18. The van der Waals surface area contributed by atoms with E-state index in [1.165, 1.54) is 0 Å². The fourth-order valence-corrected chi connectivity index (χ4v) is 3.80. The fourth-order valence-electron chi connectivity index (χ4n) is 1.00. The second-order valence-corrected chi connectivity index (χ2v) is 9.11. The molecule has 0 aliphatic rings. The predicted molar refractivity (Wildman–Crippen MR) is 54.9 cm³/mol. The van der Waals surface area contributed by atoms with Crippen molar-refractivity contribution in [1.82, 2.24) is 4.90 Å². The van der Waals surface area contributed by atoms with E-state index in [1.807, 2.05) is 0 Å². The summed E-state index contributed by atoms with van der Waals surface area (Å²) in [6, 6.07) is -8.03. The van der Waals surface area contributed by atoms with Crippen LogP contribution in [0, 0.1) is 0 Å². The molecule has 154 valence electrons. The third-order valence-electron chi connectivity index (χ3n) is 2.02.